The quantitative estimate of drug-likeness (QED) is 0.938. The zero-order valence-electron chi connectivity index (χ0n) is 14.5. The van der Waals surface area contributed by atoms with E-state index in [4.69, 9.17) is 15.7 Å². The van der Waals surface area contributed by atoms with E-state index in [0.717, 1.165) is 37.2 Å². The van der Waals surface area contributed by atoms with Gasteiger partial charge in [0.15, 0.2) is 0 Å². The number of benzene rings is 2. The van der Waals surface area contributed by atoms with Crippen molar-refractivity contribution in [2.45, 2.75) is 38.0 Å². The van der Waals surface area contributed by atoms with Gasteiger partial charge in [-0.15, -0.1) is 0 Å². The summed E-state index contributed by atoms with van der Waals surface area (Å²) in [4.78, 5) is 2.48. The summed E-state index contributed by atoms with van der Waals surface area (Å²) in [7, 11) is 0. The topological polar surface area (TPSA) is 62.3 Å². The van der Waals surface area contributed by atoms with Crippen LogP contribution in [0.5, 0.6) is 5.75 Å². The van der Waals surface area contributed by atoms with Gasteiger partial charge in [-0.3, -0.25) is 4.90 Å². The van der Waals surface area contributed by atoms with Gasteiger partial charge >= 0.3 is 0 Å². The van der Waals surface area contributed by atoms with Crippen molar-refractivity contribution in [2.75, 3.05) is 13.1 Å². The van der Waals surface area contributed by atoms with Gasteiger partial charge in [0.1, 0.15) is 11.9 Å². The molecule has 0 unspecified atom stereocenters. The van der Waals surface area contributed by atoms with Gasteiger partial charge in [0, 0.05) is 19.1 Å². The predicted octanol–water partition coefficient (Wildman–Crippen LogP) is 2.94. The van der Waals surface area contributed by atoms with Crippen molar-refractivity contribution in [3.63, 3.8) is 0 Å². The number of nitrogens with zero attached hydrogens (tertiary/aromatic N) is 2. The molecule has 2 N–H and O–H groups in total. The number of ether oxygens (including phenoxy) is 1. The fraction of sp³-hybridized carbons (Fsp3) is 0.381. The van der Waals surface area contributed by atoms with E-state index < -0.39 is 0 Å². The first kappa shape index (κ1) is 16.1. The summed E-state index contributed by atoms with van der Waals surface area (Å²) in [5.41, 5.74) is 10.4. The number of nitriles is 1. The second kappa shape index (κ2) is 6.51. The van der Waals surface area contributed by atoms with Gasteiger partial charge in [-0.05, 0) is 54.7 Å². The molecule has 1 heterocycles. The average molecular weight is 333 g/mol. The highest BCUT2D eigenvalue weighted by atomic mass is 16.5. The fourth-order valence-corrected chi connectivity index (χ4v) is 4.10. The highest BCUT2D eigenvalue weighted by molar-refractivity contribution is 5.43. The Kier molecular flexibility index (Phi) is 4.20. The van der Waals surface area contributed by atoms with Gasteiger partial charge < -0.3 is 10.5 Å². The van der Waals surface area contributed by atoms with E-state index >= 15 is 0 Å². The molecule has 4 heteroatoms. The second-order valence-corrected chi connectivity index (χ2v) is 7.14. The molecule has 0 aromatic heterocycles. The number of likely N-dealkylation sites (tertiary alicyclic amines) is 1. The number of hydrogen-bond donors (Lipinski definition) is 1. The Morgan fingerprint density at radius 1 is 1.24 bits per heavy atom. The number of rotatable bonds is 3. The van der Waals surface area contributed by atoms with Gasteiger partial charge in [-0.1, -0.05) is 24.3 Å². The van der Waals surface area contributed by atoms with Gasteiger partial charge in [-0.2, -0.15) is 5.26 Å². The van der Waals surface area contributed by atoms with Crippen LogP contribution in [-0.4, -0.2) is 30.1 Å². The summed E-state index contributed by atoms with van der Waals surface area (Å²) in [6.45, 7) is 3.97. The van der Waals surface area contributed by atoms with Crippen LogP contribution >= 0.6 is 0 Å². The fourth-order valence-electron chi connectivity index (χ4n) is 4.10. The summed E-state index contributed by atoms with van der Waals surface area (Å²) in [6.07, 6.45) is 2.06. The summed E-state index contributed by atoms with van der Waals surface area (Å²) >= 11 is 0. The number of hydrogen-bond acceptors (Lipinski definition) is 4. The third-order valence-electron chi connectivity index (χ3n) is 5.42. The zero-order chi connectivity index (χ0) is 17.4. The lowest BCUT2D eigenvalue weighted by atomic mass is 10.1. The molecule has 4 nitrogen and oxygen atoms in total. The van der Waals surface area contributed by atoms with E-state index in [1.165, 1.54) is 11.1 Å². The number of aryl methyl sites for hydroxylation is 1. The lowest BCUT2D eigenvalue weighted by Gasteiger charge is -2.30. The molecule has 0 spiro atoms. The zero-order valence-corrected chi connectivity index (χ0v) is 14.5. The van der Waals surface area contributed by atoms with Gasteiger partial charge in [0.05, 0.1) is 17.7 Å². The highest BCUT2D eigenvalue weighted by Crippen LogP contribution is 2.39. The van der Waals surface area contributed by atoms with Gasteiger partial charge in [-0.25, -0.2) is 0 Å². The molecule has 0 amide bonds. The maximum absolute atomic E-state index is 9.07. The van der Waals surface area contributed by atoms with E-state index in [-0.39, 0.29) is 12.1 Å². The minimum atomic E-state index is 0.00753. The number of fused-ring (bicyclic) bond motifs is 1. The minimum absolute atomic E-state index is 0.00753. The number of nitrogens with two attached hydrogens (primary N) is 1. The van der Waals surface area contributed by atoms with E-state index in [9.17, 15) is 0 Å². The van der Waals surface area contributed by atoms with Crippen molar-refractivity contribution < 1.29 is 4.74 Å². The summed E-state index contributed by atoms with van der Waals surface area (Å²) in [5.74, 6) is 0.856. The standard InChI is InChI=1S/C21H23N3O/c1-14-10-15(12-22)6-7-20(14)25-21-18-5-3-2-4-16(18)11-19(21)24-9-8-17(23)13-24/h2-7,10,17,19,21H,8-9,11,13,23H2,1H3/t17-,19+,21+/m0/s1. The van der Waals surface area contributed by atoms with Crippen LogP contribution in [0.3, 0.4) is 0 Å². The molecule has 2 aromatic carbocycles. The Morgan fingerprint density at radius 3 is 2.80 bits per heavy atom. The molecular formula is C21H23N3O. The molecule has 25 heavy (non-hydrogen) atoms. The minimum Gasteiger partial charge on any atom is -0.484 e. The van der Waals surface area contributed by atoms with Crippen LogP contribution in [0, 0.1) is 18.3 Å². The molecule has 0 bridgehead atoms. The van der Waals surface area contributed by atoms with E-state index in [1.807, 2.05) is 25.1 Å². The van der Waals surface area contributed by atoms with Crippen molar-refractivity contribution in [1.29, 1.82) is 5.26 Å². The molecule has 1 aliphatic carbocycles. The van der Waals surface area contributed by atoms with Crippen LogP contribution in [0.2, 0.25) is 0 Å². The second-order valence-electron chi connectivity index (χ2n) is 7.14. The first-order chi connectivity index (χ1) is 12.2. The Bertz CT molecular complexity index is 826. The molecule has 2 aliphatic rings. The molecule has 1 saturated heterocycles. The van der Waals surface area contributed by atoms with E-state index in [2.05, 4.69) is 35.2 Å². The third-order valence-corrected chi connectivity index (χ3v) is 5.42. The summed E-state index contributed by atoms with van der Waals surface area (Å²) in [5, 5.41) is 9.07. The highest BCUT2D eigenvalue weighted by Gasteiger charge is 2.40. The molecule has 1 fully saturated rings. The maximum Gasteiger partial charge on any atom is 0.140 e. The van der Waals surface area contributed by atoms with Gasteiger partial charge in [0.2, 0.25) is 0 Å². The third kappa shape index (κ3) is 3.02. The molecule has 3 atom stereocenters. The van der Waals surface area contributed by atoms with Crippen LogP contribution in [0.25, 0.3) is 0 Å². The molecule has 128 valence electrons. The van der Waals surface area contributed by atoms with Crippen LogP contribution in [0.15, 0.2) is 42.5 Å². The largest absolute Gasteiger partial charge is 0.484 e. The lowest BCUT2D eigenvalue weighted by Crippen LogP contribution is -2.40. The smallest absolute Gasteiger partial charge is 0.140 e. The lowest BCUT2D eigenvalue weighted by molar-refractivity contribution is 0.0927. The van der Waals surface area contributed by atoms with Crippen LogP contribution in [0.4, 0.5) is 0 Å². The normalized spacial score (nSPS) is 25.6. The van der Waals surface area contributed by atoms with Crippen molar-refractivity contribution >= 4 is 0 Å². The molecule has 0 saturated carbocycles. The maximum atomic E-state index is 9.07. The average Bonchev–Trinajstić information content (AvgIpc) is 3.20. The van der Waals surface area contributed by atoms with Crippen molar-refractivity contribution in [3.05, 3.63) is 64.7 Å². The van der Waals surface area contributed by atoms with Crippen LogP contribution < -0.4 is 10.5 Å². The Hall–Kier alpha value is -2.35. The monoisotopic (exact) mass is 333 g/mol. The van der Waals surface area contributed by atoms with Crippen molar-refractivity contribution in [2.24, 2.45) is 5.73 Å². The van der Waals surface area contributed by atoms with Gasteiger partial charge in [0.25, 0.3) is 0 Å². The van der Waals surface area contributed by atoms with Crippen molar-refractivity contribution in [1.82, 2.24) is 4.90 Å². The first-order valence-electron chi connectivity index (χ1n) is 8.90. The SMILES string of the molecule is Cc1cc(C#N)ccc1O[C@@H]1c2ccccc2C[C@H]1N1CC[C@H](N)C1. The molecule has 1 aliphatic heterocycles. The van der Waals surface area contributed by atoms with E-state index in [1.54, 1.807) is 0 Å². The van der Waals surface area contributed by atoms with Crippen LogP contribution in [0.1, 0.15) is 34.8 Å². The summed E-state index contributed by atoms with van der Waals surface area (Å²) in [6, 6.07) is 17.0. The first-order valence-corrected chi connectivity index (χ1v) is 8.90. The molecule has 4 rings (SSSR count). The molecule has 2 aromatic rings. The van der Waals surface area contributed by atoms with Crippen molar-refractivity contribution in [3.8, 4) is 11.8 Å². The predicted molar refractivity (Wildman–Crippen MR) is 97.4 cm³/mol. The summed E-state index contributed by atoms with van der Waals surface area (Å²) < 4.78 is 6.50. The van der Waals surface area contributed by atoms with Crippen LogP contribution in [-0.2, 0) is 6.42 Å². The Morgan fingerprint density at radius 2 is 2.08 bits per heavy atom. The van der Waals surface area contributed by atoms with E-state index in [0.29, 0.717) is 11.6 Å². The molecule has 0 radical (unpaired) electrons. The Labute approximate surface area is 148 Å². The molecular weight excluding hydrogens is 310 g/mol. The Balaban J connectivity index is 1.65.